The lowest BCUT2D eigenvalue weighted by molar-refractivity contribution is -0.127. The molecule has 128 valence electrons. The number of hydrogen-bond donors (Lipinski definition) is 2. The van der Waals surface area contributed by atoms with Crippen LogP contribution in [0.1, 0.15) is 44.1 Å². The normalized spacial score (nSPS) is 17.1. The molecular weight excluding hydrogens is 311 g/mol. The molecule has 1 saturated carbocycles. The van der Waals surface area contributed by atoms with Gasteiger partial charge in [0.05, 0.1) is 12.0 Å². The summed E-state index contributed by atoms with van der Waals surface area (Å²) in [5.74, 6) is -1.49. The Morgan fingerprint density at radius 2 is 2.00 bits per heavy atom. The van der Waals surface area contributed by atoms with Crippen molar-refractivity contribution in [3.63, 3.8) is 0 Å². The molecule has 1 aromatic rings. The number of carbonyl (C=O) groups excluding carboxylic acids is 1. The van der Waals surface area contributed by atoms with Crippen molar-refractivity contribution >= 4 is 5.91 Å². The smallest absolute Gasteiger partial charge is 0.387 e. The Labute approximate surface area is 132 Å². The summed E-state index contributed by atoms with van der Waals surface area (Å²) in [7, 11) is 0. The molecule has 0 bridgehead atoms. The number of nitrogens with one attached hydrogen (secondary N) is 1. The molecule has 4 nitrogen and oxygen atoms in total. The maximum Gasteiger partial charge on any atom is 0.387 e. The van der Waals surface area contributed by atoms with Crippen molar-refractivity contribution in [2.75, 3.05) is 0 Å². The first-order valence-electron chi connectivity index (χ1n) is 7.61. The van der Waals surface area contributed by atoms with Gasteiger partial charge in [-0.15, -0.1) is 0 Å². The van der Waals surface area contributed by atoms with Gasteiger partial charge in [0.2, 0.25) is 5.91 Å². The molecule has 2 rings (SSSR count). The largest absolute Gasteiger partial charge is 0.434 e. The lowest BCUT2D eigenvalue weighted by atomic mass is 9.82. The molecule has 1 aromatic carbocycles. The highest BCUT2D eigenvalue weighted by Crippen LogP contribution is 2.31. The Bertz CT molecular complexity index is 545. The third-order valence-electron chi connectivity index (χ3n) is 4.03. The van der Waals surface area contributed by atoms with Gasteiger partial charge in [-0.1, -0.05) is 25.3 Å². The van der Waals surface area contributed by atoms with E-state index in [2.05, 4.69) is 10.1 Å². The zero-order chi connectivity index (χ0) is 16.9. The SMILES string of the molecule is O=C(CC1(O)CCCCC1)NCc1c(F)cccc1OC(F)F. The third kappa shape index (κ3) is 5.13. The summed E-state index contributed by atoms with van der Waals surface area (Å²) in [5.41, 5.74) is -1.17. The first kappa shape index (κ1) is 17.6. The lowest BCUT2D eigenvalue weighted by Gasteiger charge is -2.31. The predicted octanol–water partition coefficient (Wildman–Crippen LogP) is 3.13. The number of ether oxygens (including phenoxy) is 1. The van der Waals surface area contributed by atoms with Crippen molar-refractivity contribution in [1.82, 2.24) is 5.32 Å². The van der Waals surface area contributed by atoms with Gasteiger partial charge in [0.25, 0.3) is 0 Å². The van der Waals surface area contributed by atoms with Crippen LogP contribution in [0.4, 0.5) is 13.2 Å². The molecule has 1 aliphatic rings. The minimum Gasteiger partial charge on any atom is -0.434 e. The van der Waals surface area contributed by atoms with E-state index in [1.807, 2.05) is 0 Å². The van der Waals surface area contributed by atoms with Gasteiger partial charge in [-0.2, -0.15) is 8.78 Å². The van der Waals surface area contributed by atoms with E-state index in [1.165, 1.54) is 12.1 Å². The maximum absolute atomic E-state index is 13.8. The van der Waals surface area contributed by atoms with Crippen LogP contribution in [0.25, 0.3) is 0 Å². The van der Waals surface area contributed by atoms with Gasteiger partial charge in [0.15, 0.2) is 0 Å². The maximum atomic E-state index is 13.8. The topological polar surface area (TPSA) is 58.6 Å². The van der Waals surface area contributed by atoms with E-state index in [-0.39, 0.29) is 24.3 Å². The molecule has 2 N–H and O–H groups in total. The van der Waals surface area contributed by atoms with E-state index < -0.39 is 23.9 Å². The molecule has 1 aliphatic carbocycles. The van der Waals surface area contributed by atoms with Crippen molar-refractivity contribution in [2.24, 2.45) is 0 Å². The van der Waals surface area contributed by atoms with E-state index in [9.17, 15) is 23.1 Å². The van der Waals surface area contributed by atoms with Crippen LogP contribution in [0.3, 0.4) is 0 Å². The second-order valence-electron chi connectivity index (χ2n) is 5.83. The zero-order valence-electron chi connectivity index (χ0n) is 12.7. The van der Waals surface area contributed by atoms with Crippen molar-refractivity contribution < 1.29 is 27.8 Å². The number of alkyl halides is 2. The molecule has 7 heteroatoms. The minimum absolute atomic E-state index is 0.0769. The molecule has 0 aromatic heterocycles. The monoisotopic (exact) mass is 331 g/mol. The fraction of sp³-hybridized carbons (Fsp3) is 0.562. The van der Waals surface area contributed by atoms with E-state index in [0.29, 0.717) is 12.8 Å². The Kier molecular flexibility index (Phi) is 5.87. The molecule has 1 fully saturated rings. The zero-order valence-corrected chi connectivity index (χ0v) is 12.7. The van der Waals surface area contributed by atoms with Crippen molar-refractivity contribution in [1.29, 1.82) is 0 Å². The molecule has 1 amide bonds. The molecule has 0 spiro atoms. The van der Waals surface area contributed by atoms with Crippen LogP contribution in [-0.2, 0) is 11.3 Å². The van der Waals surface area contributed by atoms with Crippen LogP contribution in [0.15, 0.2) is 18.2 Å². The highest BCUT2D eigenvalue weighted by atomic mass is 19.3. The number of benzene rings is 1. The molecule has 0 radical (unpaired) electrons. The highest BCUT2D eigenvalue weighted by molar-refractivity contribution is 5.77. The predicted molar refractivity (Wildman–Crippen MR) is 77.5 cm³/mol. The first-order chi connectivity index (χ1) is 10.9. The Morgan fingerprint density at radius 1 is 1.30 bits per heavy atom. The van der Waals surface area contributed by atoms with Crippen LogP contribution in [0, 0.1) is 5.82 Å². The molecular formula is C16H20F3NO3. The quantitative estimate of drug-likeness (QED) is 0.842. The van der Waals surface area contributed by atoms with E-state index in [1.54, 1.807) is 0 Å². The molecule has 0 unspecified atom stereocenters. The lowest BCUT2D eigenvalue weighted by Crippen LogP contribution is -2.38. The van der Waals surface area contributed by atoms with Gasteiger partial charge in [0, 0.05) is 12.1 Å². The van der Waals surface area contributed by atoms with E-state index in [0.717, 1.165) is 25.3 Å². The summed E-state index contributed by atoms with van der Waals surface area (Å²) in [6.45, 7) is -3.35. The van der Waals surface area contributed by atoms with Crippen LogP contribution >= 0.6 is 0 Å². The van der Waals surface area contributed by atoms with Gasteiger partial charge in [0.1, 0.15) is 11.6 Å². The van der Waals surface area contributed by atoms with Crippen LogP contribution in [0.2, 0.25) is 0 Å². The standard InChI is InChI=1S/C16H20F3NO3/c17-12-5-4-6-13(23-15(18)19)11(12)10-20-14(21)9-16(22)7-2-1-3-8-16/h4-6,15,22H,1-3,7-10H2,(H,20,21). The summed E-state index contributed by atoms with van der Waals surface area (Å²) in [4.78, 5) is 12.0. The second kappa shape index (κ2) is 7.68. The van der Waals surface area contributed by atoms with Crippen LogP contribution < -0.4 is 10.1 Å². The summed E-state index contributed by atoms with van der Waals surface area (Å²) in [6.07, 6.45) is 3.80. The highest BCUT2D eigenvalue weighted by Gasteiger charge is 2.31. The fourth-order valence-electron chi connectivity index (χ4n) is 2.85. The fourth-order valence-corrected chi connectivity index (χ4v) is 2.85. The van der Waals surface area contributed by atoms with Crippen molar-refractivity contribution in [3.05, 3.63) is 29.6 Å². The summed E-state index contributed by atoms with van der Waals surface area (Å²) in [6, 6.07) is 3.57. The van der Waals surface area contributed by atoms with Gasteiger partial charge >= 0.3 is 6.61 Å². The van der Waals surface area contributed by atoms with Gasteiger partial charge in [-0.25, -0.2) is 4.39 Å². The third-order valence-corrected chi connectivity index (χ3v) is 4.03. The van der Waals surface area contributed by atoms with E-state index >= 15 is 0 Å². The summed E-state index contributed by atoms with van der Waals surface area (Å²) in [5, 5.41) is 12.8. The van der Waals surface area contributed by atoms with Crippen molar-refractivity contribution in [2.45, 2.75) is 57.3 Å². The van der Waals surface area contributed by atoms with Gasteiger partial charge in [-0.3, -0.25) is 4.79 Å². The molecule has 0 atom stereocenters. The molecule has 0 aliphatic heterocycles. The van der Waals surface area contributed by atoms with Crippen LogP contribution in [0.5, 0.6) is 5.75 Å². The first-order valence-corrected chi connectivity index (χ1v) is 7.61. The van der Waals surface area contributed by atoms with Gasteiger partial charge < -0.3 is 15.2 Å². The number of hydrogen-bond acceptors (Lipinski definition) is 3. The molecule has 23 heavy (non-hydrogen) atoms. The average molecular weight is 331 g/mol. The number of aliphatic hydroxyl groups is 1. The van der Waals surface area contributed by atoms with Crippen molar-refractivity contribution in [3.8, 4) is 5.75 Å². The Morgan fingerprint density at radius 3 is 2.65 bits per heavy atom. The second-order valence-corrected chi connectivity index (χ2v) is 5.83. The average Bonchev–Trinajstić information content (AvgIpc) is 2.46. The Balaban J connectivity index is 1.96. The number of rotatable bonds is 6. The van der Waals surface area contributed by atoms with Crippen LogP contribution in [-0.4, -0.2) is 23.2 Å². The molecule has 0 saturated heterocycles. The number of halogens is 3. The summed E-state index contributed by atoms with van der Waals surface area (Å²) < 4.78 is 42.7. The minimum atomic E-state index is -3.07. The van der Waals surface area contributed by atoms with E-state index in [4.69, 9.17) is 0 Å². The number of carbonyl (C=O) groups is 1. The summed E-state index contributed by atoms with van der Waals surface area (Å²) >= 11 is 0. The molecule has 0 heterocycles. The number of amides is 1. The Hall–Kier alpha value is -1.76. The van der Waals surface area contributed by atoms with Gasteiger partial charge in [-0.05, 0) is 25.0 Å².